The van der Waals surface area contributed by atoms with Crippen LogP contribution in [0, 0.1) is 0 Å². The fourth-order valence-corrected chi connectivity index (χ4v) is 2.18. The maximum Gasteiger partial charge on any atom is 0.354 e. The van der Waals surface area contributed by atoms with Gasteiger partial charge in [-0.05, 0) is 31.4 Å². The van der Waals surface area contributed by atoms with Crippen molar-refractivity contribution in [1.82, 2.24) is 15.2 Å². The van der Waals surface area contributed by atoms with Gasteiger partial charge in [0, 0.05) is 13.1 Å². The summed E-state index contributed by atoms with van der Waals surface area (Å²) in [6.45, 7) is 1.35. The van der Waals surface area contributed by atoms with Crippen LogP contribution in [0.3, 0.4) is 0 Å². The van der Waals surface area contributed by atoms with Crippen LogP contribution in [0.4, 0.5) is 0 Å². The number of nitrogens with one attached hydrogen (secondary N) is 1. The van der Waals surface area contributed by atoms with Crippen LogP contribution in [0.2, 0.25) is 0 Å². The number of nitrogens with zero attached hydrogens (tertiary/aromatic N) is 2. The van der Waals surface area contributed by atoms with Crippen molar-refractivity contribution in [2.45, 2.75) is 19.3 Å². The van der Waals surface area contributed by atoms with Crippen LogP contribution >= 0.6 is 0 Å². The fourth-order valence-electron chi connectivity index (χ4n) is 2.18. The molecule has 0 spiro atoms. The van der Waals surface area contributed by atoms with Crippen LogP contribution in [0.5, 0.6) is 0 Å². The highest BCUT2D eigenvalue weighted by molar-refractivity contribution is 5.96. The number of pyridine rings is 1. The molecule has 0 unspecified atom stereocenters. The lowest BCUT2D eigenvalue weighted by Gasteiger charge is -2.26. The molecule has 0 saturated carbocycles. The molecule has 112 valence electrons. The molecule has 2 rings (SSSR count). The van der Waals surface area contributed by atoms with Gasteiger partial charge in [-0.2, -0.15) is 0 Å². The molecular weight excluding hydrogens is 274 g/mol. The maximum absolute atomic E-state index is 11.9. The van der Waals surface area contributed by atoms with E-state index in [2.05, 4.69) is 10.3 Å². The summed E-state index contributed by atoms with van der Waals surface area (Å²) in [7, 11) is 0. The highest BCUT2D eigenvalue weighted by Crippen LogP contribution is 2.08. The van der Waals surface area contributed by atoms with E-state index in [-0.39, 0.29) is 23.8 Å². The van der Waals surface area contributed by atoms with Crippen LogP contribution in [-0.4, -0.2) is 52.4 Å². The minimum Gasteiger partial charge on any atom is -0.477 e. The first kappa shape index (κ1) is 15.0. The van der Waals surface area contributed by atoms with Crippen molar-refractivity contribution in [2.75, 3.05) is 19.6 Å². The van der Waals surface area contributed by atoms with E-state index in [4.69, 9.17) is 5.11 Å². The van der Waals surface area contributed by atoms with E-state index in [9.17, 15) is 14.4 Å². The summed E-state index contributed by atoms with van der Waals surface area (Å²) in [5.41, 5.74) is -0.216. The highest BCUT2D eigenvalue weighted by Gasteiger charge is 2.18. The molecule has 1 aromatic rings. The first-order valence-electron chi connectivity index (χ1n) is 6.84. The first-order chi connectivity index (χ1) is 10.1. The van der Waals surface area contributed by atoms with Gasteiger partial charge in [-0.3, -0.25) is 9.59 Å². The number of hydrogen-bond donors (Lipinski definition) is 2. The van der Waals surface area contributed by atoms with E-state index in [0.717, 1.165) is 32.4 Å². The maximum atomic E-state index is 11.9. The van der Waals surface area contributed by atoms with Crippen LogP contribution in [0.15, 0.2) is 18.2 Å². The molecule has 0 radical (unpaired) electrons. The zero-order valence-electron chi connectivity index (χ0n) is 11.5. The smallest absolute Gasteiger partial charge is 0.354 e. The number of aromatic nitrogens is 1. The quantitative estimate of drug-likeness (QED) is 0.842. The summed E-state index contributed by atoms with van der Waals surface area (Å²) >= 11 is 0. The minimum absolute atomic E-state index is 0.0126. The summed E-state index contributed by atoms with van der Waals surface area (Å²) in [5, 5.41) is 11.3. The molecule has 7 nitrogen and oxygen atoms in total. The van der Waals surface area contributed by atoms with E-state index >= 15 is 0 Å². The number of likely N-dealkylation sites (tertiary alicyclic amines) is 1. The Hall–Kier alpha value is -2.44. The van der Waals surface area contributed by atoms with Gasteiger partial charge in [0.1, 0.15) is 11.4 Å². The Morgan fingerprint density at radius 1 is 1.14 bits per heavy atom. The molecule has 2 amide bonds. The topological polar surface area (TPSA) is 99.6 Å². The first-order valence-corrected chi connectivity index (χ1v) is 6.84. The second-order valence-electron chi connectivity index (χ2n) is 4.84. The van der Waals surface area contributed by atoms with E-state index in [1.54, 1.807) is 4.90 Å². The molecular formula is C14H17N3O4. The molecule has 1 aromatic heterocycles. The SMILES string of the molecule is O=C(O)c1cccc(C(=O)NCC(=O)N2CCCCC2)n1. The number of carboxylic acids is 1. The standard InChI is InChI=1S/C14H17N3O4/c18-12(17-7-2-1-3-8-17)9-15-13(19)10-5-4-6-11(16-10)14(20)21/h4-6H,1-3,7-9H2,(H,15,19)(H,20,21). The molecule has 0 aliphatic carbocycles. The summed E-state index contributed by atoms with van der Waals surface area (Å²) < 4.78 is 0. The Morgan fingerprint density at radius 2 is 1.81 bits per heavy atom. The van der Waals surface area contributed by atoms with Gasteiger partial charge in [-0.15, -0.1) is 0 Å². The van der Waals surface area contributed by atoms with Gasteiger partial charge in [0.05, 0.1) is 6.54 Å². The Kier molecular flexibility index (Phi) is 4.86. The number of piperidine rings is 1. The molecule has 0 aromatic carbocycles. The number of aromatic carboxylic acids is 1. The van der Waals surface area contributed by atoms with Crippen LogP contribution in [0.1, 0.15) is 40.2 Å². The number of rotatable bonds is 4. The Bertz CT molecular complexity index is 553. The van der Waals surface area contributed by atoms with Gasteiger partial charge in [-0.25, -0.2) is 9.78 Å². The number of carboxylic acid groups (broad SMARTS) is 1. The third-order valence-corrected chi connectivity index (χ3v) is 3.31. The van der Waals surface area contributed by atoms with Gasteiger partial charge in [0.25, 0.3) is 5.91 Å². The highest BCUT2D eigenvalue weighted by atomic mass is 16.4. The summed E-state index contributed by atoms with van der Waals surface area (Å²) in [5.74, 6) is -1.88. The number of carbonyl (C=O) groups excluding carboxylic acids is 2. The average Bonchev–Trinajstić information content (AvgIpc) is 2.53. The number of amides is 2. The van der Waals surface area contributed by atoms with Gasteiger partial charge < -0.3 is 15.3 Å². The molecule has 0 atom stereocenters. The molecule has 21 heavy (non-hydrogen) atoms. The van der Waals surface area contributed by atoms with Gasteiger partial charge in [0.15, 0.2) is 0 Å². The second kappa shape index (κ2) is 6.83. The summed E-state index contributed by atoms with van der Waals surface area (Å²) in [6, 6.07) is 4.16. The van der Waals surface area contributed by atoms with Crippen molar-refractivity contribution in [3.05, 3.63) is 29.6 Å². The molecule has 1 aliphatic heterocycles. The van der Waals surface area contributed by atoms with Crippen molar-refractivity contribution < 1.29 is 19.5 Å². The minimum atomic E-state index is -1.20. The molecule has 7 heteroatoms. The van der Waals surface area contributed by atoms with Crippen molar-refractivity contribution in [3.63, 3.8) is 0 Å². The Labute approximate surface area is 122 Å². The third-order valence-electron chi connectivity index (χ3n) is 3.31. The van der Waals surface area contributed by atoms with Crippen LogP contribution in [-0.2, 0) is 4.79 Å². The Balaban J connectivity index is 1.90. The van der Waals surface area contributed by atoms with Gasteiger partial charge in [0.2, 0.25) is 5.91 Å². The lowest BCUT2D eigenvalue weighted by molar-refractivity contribution is -0.130. The number of carbonyl (C=O) groups is 3. The monoisotopic (exact) mass is 291 g/mol. The van der Waals surface area contributed by atoms with Gasteiger partial charge in [-0.1, -0.05) is 6.07 Å². The predicted molar refractivity (Wildman–Crippen MR) is 74.0 cm³/mol. The molecule has 2 N–H and O–H groups in total. The van der Waals surface area contributed by atoms with Crippen LogP contribution < -0.4 is 5.32 Å². The normalized spacial score (nSPS) is 14.6. The third kappa shape index (κ3) is 4.01. The largest absolute Gasteiger partial charge is 0.477 e. The molecule has 1 saturated heterocycles. The van der Waals surface area contributed by atoms with E-state index < -0.39 is 11.9 Å². The zero-order valence-corrected chi connectivity index (χ0v) is 11.5. The van der Waals surface area contributed by atoms with Gasteiger partial charge >= 0.3 is 5.97 Å². The van der Waals surface area contributed by atoms with Crippen molar-refractivity contribution in [2.24, 2.45) is 0 Å². The molecule has 0 bridgehead atoms. The van der Waals surface area contributed by atoms with E-state index in [0.29, 0.717) is 0 Å². The molecule has 1 fully saturated rings. The van der Waals surface area contributed by atoms with Crippen molar-refractivity contribution in [3.8, 4) is 0 Å². The van der Waals surface area contributed by atoms with Crippen LogP contribution in [0.25, 0.3) is 0 Å². The predicted octanol–water partition coefficient (Wildman–Crippen LogP) is 0.522. The van der Waals surface area contributed by atoms with Crippen molar-refractivity contribution >= 4 is 17.8 Å². The van der Waals surface area contributed by atoms with E-state index in [1.807, 2.05) is 0 Å². The van der Waals surface area contributed by atoms with Crippen molar-refractivity contribution in [1.29, 1.82) is 0 Å². The molecule has 2 heterocycles. The second-order valence-corrected chi connectivity index (χ2v) is 4.84. The lowest BCUT2D eigenvalue weighted by atomic mass is 10.1. The average molecular weight is 291 g/mol. The fraction of sp³-hybridized carbons (Fsp3) is 0.429. The zero-order chi connectivity index (χ0) is 15.2. The Morgan fingerprint density at radius 3 is 2.48 bits per heavy atom. The summed E-state index contributed by atoms with van der Waals surface area (Å²) in [6.07, 6.45) is 3.10. The summed E-state index contributed by atoms with van der Waals surface area (Å²) in [4.78, 5) is 40.0. The molecule has 1 aliphatic rings. The number of hydrogen-bond acceptors (Lipinski definition) is 4. The van der Waals surface area contributed by atoms with E-state index in [1.165, 1.54) is 18.2 Å². The lowest BCUT2D eigenvalue weighted by Crippen LogP contribution is -2.42.